The summed E-state index contributed by atoms with van der Waals surface area (Å²) >= 11 is 5.99. The minimum Gasteiger partial charge on any atom is -0.489 e. The van der Waals surface area contributed by atoms with Gasteiger partial charge in [0.2, 0.25) is 5.95 Å². The van der Waals surface area contributed by atoms with Gasteiger partial charge in [0.1, 0.15) is 18.2 Å². The zero-order valence-electron chi connectivity index (χ0n) is 23.1. The Hall–Kier alpha value is -3.40. The summed E-state index contributed by atoms with van der Waals surface area (Å²) in [5.41, 5.74) is 11.7. The van der Waals surface area contributed by atoms with Crippen molar-refractivity contribution >= 4 is 29.3 Å². The van der Waals surface area contributed by atoms with Crippen LogP contribution in [0.5, 0.6) is 5.75 Å². The largest absolute Gasteiger partial charge is 0.489 e. The molecule has 0 amide bonds. The van der Waals surface area contributed by atoms with Crippen LogP contribution in [0.2, 0.25) is 5.02 Å². The van der Waals surface area contributed by atoms with E-state index in [0.29, 0.717) is 30.6 Å². The maximum Gasteiger partial charge on any atom is 0.306 e. The molecular formula is C31H36ClN5O4. The van der Waals surface area contributed by atoms with Gasteiger partial charge in [-0.3, -0.25) is 9.69 Å². The summed E-state index contributed by atoms with van der Waals surface area (Å²) in [6.45, 7) is 5.51. The molecular weight excluding hydrogens is 542 g/mol. The number of nitrogen functional groups attached to an aromatic ring is 1. The van der Waals surface area contributed by atoms with E-state index in [4.69, 9.17) is 31.8 Å². The van der Waals surface area contributed by atoms with Gasteiger partial charge in [0, 0.05) is 48.9 Å². The van der Waals surface area contributed by atoms with Crippen LogP contribution in [0.15, 0.2) is 42.5 Å². The number of fused-ring (bicyclic) bond motifs is 3. The van der Waals surface area contributed by atoms with E-state index < -0.39 is 5.97 Å². The Morgan fingerprint density at radius 3 is 2.61 bits per heavy atom. The van der Waals surface area contributed by atoms with Crippen LogP contribution < -0.4 is 15.4 Å². The molecule has 0 bridgehead atoms. The molecule has 216 valence electrons. The van der Waals surface area contributed by atoms with Crippen LogP contribution in [0, 0.1) is 5.92 Å². The third-order valence-electron chi connectivity index (χ3n) is 8.46. The van der Waals surface area contributed by atoms with E-state index in [1.165, 1.54) is 5.56 Å². The molecule has 2 aliphatic carbocycles. The van der Waals surface area contributed by atoms with Gasteiger partial charge in [0.15, 0.2) is 0 Å². The van der Waals surface area contributed by atoms with E-state index >= 15 is 0 Å². The standard InChI is InChI=1S/C31H36ClN5O4/c32-23-5-1-20(2-6-23)19-41-25-8-10-26-21(17-25)4-9-27-28(26)34-31(33)35-29(27)37-13-11-36(12-14-37)15-16-40-24-7-3-22(18-24)30(38)39/h1-2,5-6,8,10,17,22,24H,3-4,7,9,11-16,18-19H2,(H,38,39)(H2,33,34,35). The lowest BCUT2D eigenvalue weighted by Gasteiger charge is -2.37. The SMILES string of the molecule is Nc1nc2c(c(N3CCN(CCOC4CCC(C(=O)O)C4)CC3)n1)CCc1cc(OCc3ccc(Cl)cc3)ccc1-2. The van der Waals surface area contributed by atoms with Crippen LogP contribution in [0.3, 0.4) is 0 Å². The Balaban J connectivity index is 1.06. The fourth-order valence-electron chi connectivity index (χ4n) is 6.16. The number of carbonyl (C=O) groups is 1. The van der Waals surface area contributed by atoms with Gasteiger partial charge < -0.3 is 25.2 Å². The number of hydrogen-bond acceptors (Lipinski definition) is 8. The predicted octanol–water partition coefficient (Wildman–Crippen LogP) is 4.45. The second-order valence-electron chi connectivity index (χ2n) is 11.1. The van der Waals surface area contributed by atoms with Gasteiger partial charge in [0.05, 0.1) is 24.3 Å². The lowest BCUT2D eigenvalue weighted by Crippen LogP contribution is -2.48. The molecule has 2 atom stereocenters. The number of aryl methyl sites for hydroxylation is 1. The van der Waals surface area contributed by atoms with Crippen molar-refractivity contribution in [3.05, 3.63) is 64.2 Å². The number of ether oxygens (including phenoxy) is 2. The molecule has 0 radical (unpaired) electrons. The number of carboxylic acids is 1. The Bertz CT molecular complexity index is 1390. The lowest BCUT2D eigenvalue weighted by molar-refractivity contribution is -0.141. The van der Waals surface area contributed by atoms with Crippen LogP contribution in [-0.4, -0.2) is 71.4 Å². The quantitative estimate of drug-likeness (QED) is 0.381. The number of nitrogens with zero attached hydrogens (tertiary/aromatic N) is 4. The van der Waals surface area contributed by atoms with Gasteiger partial charge >= 0.3 is 5.97 Å². The highest BCUT2D eigenvalue weighted by molar-refractivity contribution is 6.30. The minimum atomic E-state index is -0.702. The summed E-state index contributed by atoms with van der Waals surface area (Å²) in [6.07, 6.45) is 4.00. The summed E-state index contributed by atoms with van der Waals surface area (Å²) in [6, 6.07) is 13.9. The third-order valence-corrected chi connectivity index (χ3v) is 8.72. The average Bonchev–Trinajstić information content (AvgIpc) is 3.46. The fourth-order valence-corrected chi connectivity index (χ4v) is 6.28. The maximum atomic E-state index is 11.2. The van der Waals surface area contributed by atoms with E-state index in [-0.39, 0.29) is 12.0 Å². The first-order chi connectivity index (χ1) is 19.9. The summed E-state index contributed by atoms with van der Waals surface area (Å²) in [4.78, 5) is 25.3. The molecule has 6 rings (SSSR count). The molecule has 1 saturated heterocycles. The van der Waals surface area contributed by atoms with Crippen molar-refractivity contribution in [3.63, 3.8) is 0 Å². The number of rotatable bonds is 9. The van der Waals surface area contributed by atoms with Crippen molar-refractivity contribution < 1.29 is 19.4 Å². The molecule has 1 aromatic heterocycles. The third kappa shape index (κ3) is 6.42. The van der Waals surface area contributed by atoms with Crippen LogP contribution in [0.4, 0.5) is 11.8 Å². The van der Waals surface area contributed by atoms with Gasteiger partial charge in [-0.2, -0.15) is 4.98 Å². The van der Waals surface area contributed by atoms with Gasteiger partial charge in [-0.25, -0.2) is 4.98 Å². The number of nitrogens with two attached hydrogens (primary N) is 1. The average molecular weight is 578 g/mol. The number of piperazine rings is 1. The summed E-state index contributed by atoms with van der Waals surface area (Å²) < 4.78 is 12.1. The van der Waals surface area contributed by atoms with Crippen molar-refractivity contribution in [1.29, 1.82) is 0 Å². The van der Waals surface area contributed by atoms with Crippen LogP contribution in [-0.2, 0) is 29.0 Å². The molecule has 10 heteroatoms. The number of aliphatic carboxylic acids is 1. The number of anilines is 2. The van der Waals surface area contributed by atoms with Crippen molar-refractivity contribution in [1.82, 2.24) is 14.9 Å². The molecule has 3 aliphatic rings. The Morgan fingerprint density at radius 2 is 1.85 bits per heavy atom. The fraction of sp³-hybridized carbons (Fsp3) is 0.452. The second kappa shape index (κ2) is 12.2. The second-order valence-corrected chi connectivity index (χ2v) is 11.6. The topological polar surface area (TPSA) is 114 Å². The first-order valence-corrected chi connectivity index (χ1v) is 14.8. The van der Waals surface area contributed by atoms with Crippen molar-refractivity contribution in [2.45, 2.75) is 44.8 Å². The van der Waals surface area contributed by atoms with E-state index in [2.05, 4.69) is 26.9 Å². The highest BCUT2D eigenvalue weighted by Crippen LogP contribution is 2.38. The number of carboxylic acid groups (broad SMARTS) is 1. The van der Waals surface area contributed by atoms with Crippen molar-refractivity contribution in [3.8, 4) is 17.0 Å². The predicted molar refractivity (Wildman–Crippen MR) is 158 cm³/mol. The molecule has 2 heterocycles. The number of benzene rings is 2. The lowest BCUT2D eigenvalue weighted by atomic mass is 9.88. The van der Waals surface area contributed by atoms with Gasteiger partial charge in [-0.05, 0) is 73.6 Å². The minimum absolute atomic E-state index is 0.0712. The first-order valence-electron chi connectivity index (χ1n) is 14.4. The summed E-state index contributed by atoms with van der Waals surface area (Å²) in [5.74, 6) is 1.12. The normalized spacial score (nSPS) is 20.5. The molecule has 2 aromatic carbocycles. The Morgan fingerprint density at radius 1 is 1.05 bits per heavy atom. The molecule has 9 nitrogen and oxygen atoms in total. The Kier molecular flexibility index (Phi) is 8.27. The monoisotopic (exact) mass is 577 g/mol. The number of aromatic nitrogens is 2. The molecule has 41 heavy (non-hydrogen) atoms. The highest BCUT2D eigenvalue weighted by Gasteiger charge is 2.31. The molecule has 1 aliphatic heterocycles. The molecule has 3 aromatic rings. The molecule has 0 spiro atoms. The summed E-state index contributed by atoms with van der Waals surface area (Å²) in [5, 5.41) is 9.91. The molecule has 1 saturated carbocycles. The van der Waals surface area contributed by atoms with Crippen molar-refractivity contribution in [2.75, 3.05) is 50.0 Å². The Labute approximate surface area is 245 Å². The van der Waals surface area contributed by atoms with E-state index in [0.717, 1.165) is 92.4 Å². The summed E-state index contributed by atoms with van der Waals surface area (Å²) in [7, 11) is 0. The van der Waals surface area contributed by atoms with Gasteiger partial charge in [0.25, 0.3) is 0 Å². The van der Waals surface area contributed by atoms with Crippen molar-refractivity contribution in [2.24, 2.45) is 5.92 Å². The van der Waals surface area contributed by atoms with Crippen LogP contribution in [0.25, 0.3) is 11.3 Å². The maximum absolute atomic E-state index is 11.2. The highest BCUT2D eigenvalue weighted by atomic mass is 35.5. The number of halogens is 1. The van der Waals surface area contributed by atoms with Gasteiger partial charge in [-0.1, -0.05) is 23.7 Å². The van der Waals surface area contributed by atoms with Gasteiger partial charge in [-0.15, -0.1) is 0 Å². The zero-order chi connectivity index (χ0) is 28.3. The van der Waals surface area contributed by atoms with E-state index in [1.54, 1.807) is 0 Å². The molecule has 3 N–H and O–H groups in total. The van der Waals surface area contributed by atoms with Crippen LogP contribution in [0.1, 0.15) is 36.0 Å². The molecule has 2 unspecified atom stereocenters. The number of hydrogen-bond donors (Lipinski definition) is 2. The smallest absolute Gasteiger partial charge is 0.306 e. The van der Waals surface area contributed by atoms with E-state index in [1.807, 2.05) is 30.3 Å². The first kappa shape index (κ1) is 27.8. The van der Waals surface area contributed by atoms with E-state index in [9.17, 15) is 9.90 Å². The van der Waals surface area contributed by atoms with Crippen LogP contribution >= 0.6 is 11.6 Å². The molecule has 2 fully saturated rings. The zero-order valence-corrected chi connectivity index (χ0v) is 23.9.